The van der Waals surface area contributed by atoms with Crippen molar-refractivity contribution in [1.82, 2.24) is 10.2 Å². The molecule has 0 saturated heterocycles. The maximum absolute atomic E-state index is 7.28. The number of anilines is 1. The topological polar surface area (TPSA) is 78.9 Å². The van der Waals surface area contributed by atoms with Crippen molar-refractivity contribution in [2.75, 3.05) is 18.0 Å². The van der Waals surface area contributed by atoms with E-state index in [2.05, 4.69) is 28.9 Å². The highest BCUT2D eigenvalue weighted by molar-refractivity contribution is 5.77. The van der Waals surface area contributed by atoms with Crippen LogP contribution in [0.15, 0.2) is 12.1 Å². The van der Waals surface area contributed by atoms with Gasteiger partial charge in [0.05, 0.1) is 11.5 Å². The van der Waals surface area contributed by atoms with Crippen molar-refractivity contribution in [1.29, 1.82) is 5.41 Å². The summed E-state index contributed by atoms with van der Waals surface area (Å²) in [6, 6.07) is 3.91. The van der Waals surface area contributed by atoms with Gasteiger partial charge in [0.1, 0.15) is 0 Å². The normalized spacial score (nSPS) is 10.6. The van der Waals surface area contributed by atoms with Crippen LogP contribution >= 0.6 is 0 Å². The fraction of sp³-hybridized carbons (Fsp3) is 0.583. The number of aromatic nitrogens is 2. The number of nitrogens with two attached hydrogens (primary N) is 1. The third-order valence-corrected chi connectivity index (χ3v) is 2.34. The third kappa shape index (κ3) is 4.80. The van der Waals surface area contributed by atoms with Crippen LogP contribution in [0.3, 0.4) is 0 Å². The van der Waals surface area contributed by atoms with Crippen molar-refractivity contribution >= 4 is 11.7 Å². The number of amidine groups is 1. The molecule has 1 heterocycles. The van der Waals surface area contributed by atoms with E-state index in [1.807, 2.05) is 19.1 Å². The molecule has 0 bridgehead atoms. The predicted octanol–water partition coefficient (Wildman–Crippen LogP) is 1.57. The Hall–Kier alpha value is -1.65. The number of hydrogen-bond donors (Lipinski definition) is 2. The van der Waals surface area contributed by atoms with E-state index in [0.717, 1.165) is 18.1 Å². The van der Waals surface area contributed by atoms with Gasteiger partial charge in [-0.2, -0.15) is 5.10 Å². The molecule has 0 aliphatic rings. The van der Waals surface area contributed by atoms with Crippen molar-refractivity contribution in [2.45, 2.75) is 27.2 Å². The second kappa shape index (κ2) is 6.18. The Morgan fingerprint density at radius 3 is 2.59 bits per heavy atom. The number of hydrogen-bond acceptors (Lipinski definition) is 4. The zero-order valence-corrected chi connectivity index (χ0v) is 10.8. The number of nitrogens with zero attached hydrogens (tertiary/aromatic N) is 3. The van der Waals surface area contributed by atoms with E-state index in [-0.39, 0.29) is 5.84 Å². The van der Waals surface area contributed by atoms with Crippen molar-refractivity contribution in [3.05, 3.63) is 17.8 Å². The van der Waals surface area contributed by atoms with E-state index in [1.165, 1.54) is 0 Å². The summed E-state index contributed by atoms with van der Waals surface area (Å²) in [6.07, 6.45) is 0.558. The molecule has 1 aromatic rings. The molecule has 3 N–H and O–H groups in total. The minimum atomic E-state index is 0.207. The van der Waals surface area contributed by atoms with Crippen LogP contribution in [0.5, 0.6) is 0 Å². The summed E-state index contributed by atoms with van der Waals surface area (Å²) in [5.74, 6) is 1.59. The molecule has 0 aromatic carbocycles. The molecule has 1 aromatic heterocycles. The first-order chi connectivity index (χ1) is 7.99. The van der Waals surface area contributed by atoms with Gasteiger partial charge in [0, 0.05) is 19.5 Å². The van der Waals surface area contributed by atoms with E-state index in [0.29, 0.717) is 18.9 Å². The lowest BCUT2D eigenvalue weighted by Gasteiger charge is -2.24. The van der Waals surface area contributed by atoms with Gasteiger partial charge in [-0.1, -0.05) is 13.8 Å². The van der Waals surface area contributed by atoms with Gasteiger partial charge in [-0.25, -0.2) is 0 Å². The van der Waals surface area contributed by atoms with Crippen LogP contribution in [0.4, 0.5) is 5.82 Å². The molecule has 0 atom stereocenters. The Bertz CT molecular complexity index is 358. The minimum Gasteiger partial charge on any atom is -0.388 e. The minimum absolute atomic E-state index is 0.207. The molecular formula is C12H21N5. The average Bonchev–Trinajstić information content (AvgIpc) is 2.25. The summed E-state index contributed by atoms with van der Waals surface area (Å²) in [4.78, 5) is 2.12. The van der Waals surface area contributed by atoms with Gasteiger partial charge in [0.25, 0.3) is 0 Å². The molecule has 0 aliphatic carbocycles. The monoisotopic (exact) mass is 235 g/mol. The Labute approximate surface area is 103 Å². The largest absolute Gasteiger partial charge is 0.388 e. The third-order valence-electron chi connectivity index (χ3n) is 2.34. The van der Waals surface area contributed by atoms with E-state index in [1.54, 1.807) is 0 Å². The molecule has 0 unspecified atom stereocenters. The second-order valence-electron chi connectivity index (χ2n) is 4.65. The smallest absolute Gasteiger partial charge is 0.151 e. The first kappa shape index (κ1) is 13.4. The van der Waals surface area contributed by atoms with Gasteiger partial charge in [-0.3, -0.25) is 5.41 Å². The van der Waals surface area contributed by atoms with Crippen LogP contribution in [-0.4, -0.2) is 29.1 Å². The summed E-state index contributed by atoms with van der Waals surface area (Å²) in [6.45, 7) is 7.83. The molecule has 0 aliphatic heterocycles. The molecule has 0 amide bonds. The standard InChI is InChI=1S/C12H21N5/c1-9(2)8-17(7-6-11(13)14)12-5-4-10(3)15-16-12/h4-5,9H,6-8H2,1-3H3,(H3,13,14). The Morgan fingerprint density at radius 1 is 1.41 bits per heavy atom. The summed E-state index contributed by atoms with van der Waals surface area (Å²) in [7, 11) is 0. The Balaban J connectivity index is 2.74. The second-order valence-corrected chi connectivity index (χ2v) is 4.65. The first-order valence-electron chi connectivity index (χ1n) is 5.87. The van der Waals surface area contributed by atoms with Gasteiger partial charge >= 0.3 is 0 Å². The van der Waals surface area contributed by atoms with E-state index >= 15 is 0 Å². The van der Waals surface area contributed by atoms with E-state index in [4.69, 9.17) is 11.1 Å². The maximum atomic E-state index is 7.28. The number of aryl methyl sites for hydroxylation is 1. The van der Waals surface area contributed by atoms with Crippen LogP contribution in [-0.2, 0) is 0 Å². The van der Waals surface area contributed by atoms with Crippen LogP contribution in [0, 0.1) is 18.3 Å². The lowest BCUT2D eigenvalue weighted by atomic mass is 10.2. The number of rotatable bonds is 6. The molecule has 5 nitrogen and oxygen atoms in total. The van der Waals surface area contributed by atoms with Crippen LogP contribution in [0.1, 0.15) is 26.0 Å². The maximum Gasteiger partial charge on any atom is 0.151 e. The van der Waals surface area contributed by atoms with Crippen molar-refractivity contribution < 1.29 is 0 Å². The molecular weight excluding hydrogens is 214 g/mol. The molecule has 5 heteroatoms. The average molecular weight is 235 g/mol. The van der Waals surface area contributed by atoms with Crippen molar-refractivity contribution in [3.8, 4) is 0 Å². The highest BCUT2D eigenvalue weighted by atomic mass is 15.3. The summed E-state index contributed by atoms with van der Waals surface area (Å²) in [5.41, 5.74) is 6.30. The zero-order valence-electron chi connectivity index (χ0n) is 10.8. The summed E-state index contributed by atoms with van der Waals surface area (Å²) >= 11 is 0. The molecule has 0 fully saturated rings. The van der Waals surface area contributed by atoms with Gasteiger partial charge in [0.15, 0.2) is 5.82 Å². The van der Waals surface area contributed by atoms with Crippen molar-refractivity contribution in [2.24, 2.45) is 11.7 Å². The predicted molar refractivity (Wildman–Crippen MR) is 70.4 cm³/mol. The molecule has 0 saturated carbocycles. The molecule has 1 rings (SSSR count). The molecule has 0 spiro atoms. The van der Waals surface area contributed by atoms with Gasteiger partial charge in [-0.05, 0) is 25.0 Å². The van der Waals surface area contributed by atoms with Gasteiger partial charge in [0.2, 0.25) is 0 Å². The quantitative estimate of drug-likeness (QED) is 0.579. The summed E-state index contributed by atoms with van der Waals surface area (Å²) < 4.78 is 0. The zero-order chi connectivity index (χ0) is 12.8. The summed E-state index contributed by atoms with van der Waals surface area (Å²) in [5, 5.41) is 15.5. The fourth-order valence-electron chi connectivity index (χ4n) is 1.56. The first-order valence-corrected chi connectivity index (χ1v) is 5.87. The fourth-order valence-corrected chi connectivity index (χ4v) is 1.56. The van der Waals surface area contributed by atoms with Gasteiger partial charge in [-0.15, -0.1) is 5.10 Å². The Kier molecular flexibility index (Phi) is 4.87. The highest BCUT2D eigenvalue weighted by Gasteiger charge is 2.10. The Morgan fingerprint density at radius 2 is 2.12 bits per heavy atom. The lowest BCUT2D eigenvalue weighted by molar-refractivity contribution is 0.606. The SMILES string of the molecule is Cc1ccc(N(CCC(=N)N)CC(C)C)nn1. The van der Waals surface area contributed by atoms with Crippen LogP contribution in [0.25, 0.3) is 0 Å². The molecule has 94 valence electrons. The lowest BCUT2D eigenvalue weighted by Crippen LogP contribution is -2.32. The molecule has 17 heavy (non-hydrogen) atoms. The highest BCUT2D eigenvalue weighted by Crippen LogP contribution is 2.12. The molecule has 0 radical (unpaired) electrons. The van der Waals surface area contributed by atoms with Crippen LogP contribution < -0.4 is 10.6 Å². The van der Waals surface area contributed by atoms with Crippen molar-refractivity contribution in [3.63, 3.8) is 0 Å². The van der Waals surface area contributed by atoms with E-state index < -0.39 is 0 Å². The van der Waals surface area contributed by atoms with E-state index in [9.17, 15) is 0 Å². The van der Waals surface area contributed by atoms with Gasteiger partial charge < -0.3 is 10.6 Å². The number of nitrogens with one attached hydrogen (secondary N) is 1. The van der Waals surface area contributed by atoms with Crippen LogP contribution in [0.2, 0.25) is 0 Å².